The van der Waals surface area contributed by atoms with E-state index in [4.69, 9.17) is 0 Å². The molecule has 1 unspecified atom stereocenters. The molecule has 0 aliphatic carbocycles. The van der Waals surface area contributed by atoms with E-state index in [0.717, 1.165) is 28.7 Å². The Balaban J connectivity index is 2.21. The lowest BCUT2D eigenvalue weighted by Crippen LogP contribution is -2.25. The van der Waals surface area contributed by atoms with Gasteiger partial charge >= 0.3 is 0 Å². The highest BCUT2D eigenvalue weighted by Gasteiger charge is 2.15. The van der Waals surface area contributed by atoms with Gasteiger partial charge in [0, 0.05) is 4.47 Å². The zero-order valence-corrected chi connectivity index (χ0v) is 13.3. The number of halogens is 3. The second-order valence-electron chi connectivity index (χ2n) is 4.85. The highest BCUT2D eigenvalue weighted by molar-refractivity contribution is 9.10. The molecule has 1 aromatic heterocycles. The summed E-state index contributed by atoms with van der Waals surface area (Å²) in [5, 5.41) is 3.40. The molecule has 2 nitrogen and oxygen atoms in total. The van der Waals surface area contributed by atoms with Crippen LogP contribution < -0.4 is 5.32 Å². The van der Waals surface area contributed by atoms with Crippen molar-refractivity contribution >= 4 is 15.9 Å². The normalized spacial score (nSPS) is 12.4. The summed E-state index contributed by atoms with van der Waals surface area (Å²) in [6.07, 6.45) is 2.86. The number of hydrogen-bond acceptors (Lipinski definition) is 2. The lowest BCUT2D eigenvalue weighted by atomic mass is 10.0. The van der Waals surface area contributed by atoms with Crippen molar-refractivity contribution in [2.45, 2.75) is 25.8 Å². The van der Waals surface area contributed by atoms with E-state index >= 15 is 0 Å². The van der Waals surface area contributed by atoms with Crippen molar-refractivity contribution in [1.82, 2.24) is 10.3 Å². The number of nitrogens with zero attached hydrogens (tertiary/aromatic N) is 1. The lowest BCUT2D eigenvalue weighted by Gasteiger charge is -2.19. The highest BCUT2D eigenvalue weighted by Crippen LogP contribution is 2.24. The molecule has 0 aliphatic rings. The van der Waals surface area contributed by atoms with Crippen molar-refractivity contribution in [3.8, 4) is 0 Å². The minimum absolute atomic E-state index is 0.0349. The summed E-state index contributed by atoms with van der Waals surface area (Å²) in [6.45, 7) is 2.92. The Morgan fingerprint density at radius 3 is 2.57 bits per heavy atom. The molecule has 0 spiro atoms. The fourth-order valence-corrected chi connectivity index (χ4v) is 2.61. The predicted octanol–water partition coefficient (Wildman–Crippen LogP) is 4.41. The van der Waals surface area contributed by atoms with Gasteiger partial charge in [-0.15, -0.1) is 0 Å². The molecule has 0 amide bonds. The average Bonchev–Trinajstić information content (AvgIpc) is 2.46. The fourth-order valence-electron chi connectivity index (χ4n) is 2.10. The predicted molar refractivity (Wildman–Crippen MR) is 83.0 cm³/mol. The molecule has 0 radical (unpaired) electrons. The lowest BCUT2D eigenvalue weighted by molar-refractivity contribution is 0.513. The third-order valence-electron chi connectivity index (χ3n) is 3.19. The van der Waals surface area contributed by atoms with Crippen molar-refractivity contribution in [3.63, 3.8) is 0 Å². The first-order valence-corrected chi connectivity index (χ1v) is 7.68. The molecule has 1 aromatic carbocycles. The second-order valence-corrected chi connectivity index (χ2v) is 5.70. The summed E-state index contributed by atoms with van der Waals surface area (Å²) in [7, 11) is 0. The molecule has 2 rings (SSSR count). The van der Waals surface area contributed by atoms with Crippen LogP contribution in [0.5, 0.6) is 0 Å². The van der Waals surface area contributed by atoms with Gasteiger partial charge in [0.05, 0.1) is 17.9 Å². The van der Waals surface area contributed by atoms with Crippen molar-refractivity contribution in [1.29, 1.82) is 0 Å². The molecular weight excluding hydrogens is 338 g/mol. The summed E-state index contributed by atoms with van der Waals surface area (Å²) < 4.78 is 26.9. The summed E-state index contributed by atoms with van der Waals surface area (Å²) in [5.74, 6) is -0.625. The van der Waals surface area contributed by atoms with Gasteiger partial charge in [0.25, 0.3) is 0 Å². The van der Waals surface area contributed by atoms with E-state index in [2.05, 4.69) is 33.2 Å². The quantitative estimate of drug-likeness (QED) is 0.831. The number of benzene rings is 1. The fraction of sp³-hybridized carbons (Fsp3) is 0.312. The van der Waals surface area contributed by atoms with Crippen molar-refractivity contribution < 1.29 is 8.78 Å². The maximum Gasteiger partial charge on any atom is 0.141 e. The SMILES string of the molecule is CCCNC(Cc1ccc(F)cc1Br)c1ccc(F)cn1. The molecule has 0 saturated heterocycles. The molecule has 0 saturated carbocycles. The van der Waals surface area contributed by atoms with Gasteiger partial charge in [-0.25, -0.2) is 8.78 Å². The number of nitrogens with one attached hydrogen (secondary N) is 1. The van der Waals surface area contributed by atoms with E-state index in [1.54, 1.807) is 12.1 Å². The maximum atomic E-state index is 13.2. The average molecular weight is 355 g/mol. The summed E-state index contributed by atoms with van der Waals surface area (Å²) >= 11 is 3.38. The molecule has 2 aromatic rings. The summed E-state index contributed by atoms with van der Waals surface area (Å²) in [4.78, 5) is 4.15. The summed E-state index contributed by atoms with van der Waals surface area (Å²) in [6, 6.07) is 7.69. The Morgan fingerprint density at radius 1 is 1.19 bits per heavy atom. The van der Waals surface area contributed by atoms with Crippen LogP contribution in [0.2, 0.25) is 0 Å². The number of hydrogen-bond donors (Lipinski definition) is 1. The van der Waals surface area contributed by atoms with Crippen molar-refractivity contribution in [2.24, 2.45) is 0 Å². The Morgan fingerprint density at radius 2 is 1.95 bits per heavy atom. The molecule has 5 heteroatoms. The molecular formula is C16H17BrF2N2. The molecule has 1 N–H and O–H groups in total. The van der Waals surface area contributed by atoms with Gasteiger partial charge in [-0.2, -0.15) is 0 Å². The topological polar surface area (TPSA) is 24.9 Å². The van der Waals surface area contributed by atoms with E-state index < -0.39 is 0 Å². The van der Waals surface area contributed by atoms with Gasteiger partial charge in [-0.05, 0) is 49.2 Å². The van der Waals surface area contributed by atoms with Gasteiger partial charge < -0.3 is 5.32 Å². The van der Waals surface area contributed by atoms with Crippen LogP contribution in [0.25, 0.3) is 0 Å². The van der Waals surface area contributed by atoms with Crippen LogP contribution in [-0.2, 0) is 6.42 Å². The third kappa shape index (κ3) is 4.58. The van der Waals surface area contributed by atoms with E-state index in [-0.39, 0.29) is 17.7 Å². The van der Waals surface area contributed by atoms with Gasteiger partial charge in [-0.1, -0.05) is 28.9 Å². The van der Waals surface area contributed by atoms with Gasteiger partial charge in [0.15, 0.2) is 0 Å². The van der Waals surface area contributed by atoms with E-state index in [0.29, 0.717) is 6.42 Å². The molecule has 1 heterocycles. The molecule has 0 bridgehead atoms. The van der Waals surface area contributed by atoms with E-state index in [1.807, 2.05) is 0 Å². The molecule has 112 valence electrons. The van der Waals surface area contributed by atoms with E-state index in [1.165, 1.54) is 24.4 Å². The Hall–Kier alpha value is -1.33. The van der Waals surface area contributed by atoms with Gasteiger partial charge in [0.2, 0.25) is 0 Å². The summed E-state index contributed by atoms with van der Waals surface area (Å²) in [5.41, 5.74) is 1.76. The van der Waals surface area contributed by atoms with Crippen molar-refractivity contribution in [3.05, 3.63) is 63.9 Å². The number of rotatable bonds is 6. The Bertz CT molecular complexity index is 587. The second kappa shape index (κ2) is 7.61. The Kier molecular flexibility index (Phi) is 5.82. The first-order chi connectivity index (χ1) is 10.1. The van der Waals surface area contributed by atoms with E-state index in [9.17, 15) is 8.78 Å². The van der Waals surface area contributed by atoms with Crippen LogP contribution in [0.1, 0.15) is 30.6 Å². The maximum absolute atomic E-state index is 13.2. The molecule has 21 heavy (non-hydrogen) atoms. The Labute approximate surface area is 131 Å². The van der Waals surface area contributed by atoms with Crippen LogP contribution in [0, 0.1) is 11.6 Å². The van der Waals surface area contributed by atoms with Crippen LogP contribution in [0.3, 0.4) is 0 Å². The highest BCUT2D eigenvalue weighted by atomic mass is 79.9. The third-order valence-corrected chi connectivity index (χ3v) is 3.93. The minimum Gasteiger partial charge on any atom is -0.308 e. The zero-order valence-electron chi connectivity index (χ0n) is 11.7. The first-order valence-electron chi connectivity index (χ1n) is 6.89. The van der Waals surface area contributed by atoms with Gasteiger partial charge in [0.1, 0.15) is 11.6 Å². The molecule has 0 fully saturated rings. The number of pyridine rings is 1. The van der Waals surface area contributed by atoms with Crippen LogP contribution in [0.15, 0.2) is 41.0 Å². The van der Waals surface area contributed by atoms with Crippen molar-refractivity contribution in [2.75, 3.05) is 6.54 Å². The van der Waals surface area contributed by atoms with Crippen LogP contribution in [-0.4, -0.2) is 11.5 Å². The molecule has 1 atom stereocenters. The smallest absolute Gasteiger partial charge is 0.141 e. The van der Waals surface area contributed by atoms with Crippen LogP contribution >= 0.6 is 15.9 Å². The molecule has 0 aliphatic heterocycles. The van der Waals surface area contributed by atoms with Crippen LogP contribution in [0.4, 0.5) is 8.78 Å². The minimum atomic E-state index is -0.351. The zero-order chi connectivity index (χ0) is 15.2. The standard InChI is InChI=1S/C16H17BrF2N2/c1-2-7-20-16(15-6-5-13(19)10-21-15)8-11-3-4-12(18)9-14(11)17/h3-6,9-10,16,20H,2,7-8H2,1H3. The monoisotopic (exact) mass is 354 g/mol. The first kappa shape index (κ1) is 16.0. The number of aromatic nitrogens is 1. The van der Waals surface area contributed by atoms with Gasteiger partial charge in [-0.3, -0.25) is 4.98 Å². The largest absolute Gasteiger partial charge is 0.308 e.